The van der Waals surface area contributed by atoms with Gasteiger partial charge in [0.2, 0.25) is 0 Å². The van der Waals surface area contributed by atoms with Crippen molar-refractivity contribution in [1.82, 2.24) is 0 Å². The zero-order valence-electron chi connectivity index (χ0n) is 14.4. The molecular weight excluding hydrogens is 372 g/mol. The van der Waals surface area contributed by atoms with Gasteiger partial charge in [0.1, 0.15) is 6.10 Å². The van der Waals surface area contributed by atoms with Crippen LogP contribution in [0.3, 0.4) is 0 Å². The maximum atomic E-state index is 6.17. The van der Waals surface area contributed by atoms with E-state index in [1.807, 2.05) is 56.3 Å². The smallest absolute Gasteiger partial charge is 0.161 e. The molecule has 5 heteroatoms. The second-order valence-corrected chi connectivity index (χ2v) is 6.03. The van der Waals surface area contributed by atoms with E-state index in [0.29, 0.717) is 18.1 Å². The van der Waals surface area contributed by atoms with Crippen molar-refractivity contribution < 1.29 is 18.9 Å². The summed E-state index contributed by atoms with van der Waals surface area (Å²) in [6.45, 7) is 4.44. The quantitative estimate of drug-likeness (QED) is 0.593. The highest BCUT2D eigenvalue weighted by Gasteiger charge is 2.23. The maximum Gasteiger partial charge on any atom is 0.161 e. The van der Waals surface area contributed by atoms with Crippen LogP contribution in [0.2, 0.25) is 0 Å². The first kappa shape index (κ1) is 18.8. The minimum atomic E-state index is -0.333. The van der Waals surface area contributed by atoms with Crippen LogP contribution in [-0.2, 0) is 9.47 Å². The molecule has 0 aliphatic heterocycles. The van der Waals surface area contributed by atoms with Crippen molar-refractivity contribution in [2.45, 2.75) is 26.2 Å². The van der Waals surface area contributed by atoms with E-state index < -0.39 is 0 Å². The highest BCUT2D eigenvalue weighted by Crippen LogP contribution is 2.39. The van der Waals surface area contributed by atoms with Crippen LogP contribution in [0.4, 0.5) is 0 Å². The van der Waals surface area contributed by atoms with Crippen LogP contribution in [0.1, 0.15) is 31.1 Å². The van der Waals surface area contributed by atoms with Gasteiger partial charge in [0, 0.05) is 16.6 Å². The van der Waals surface area contributed by atoms with Crippen LogP contribution >= 0.6 is 15.9 Å². The van der Waals surface area contributed by atoms with Gasteiger partial charge in [0.05, 0.1) is 14.2 Å². The molecule has 2 rings (SSSR count). The fraction of sp³-hybridized carbons (Fsp3) is 0.368. The Morgan fingerprint density at radius 2 is 1.62 bits per heavy atom. The number of hydrogen-bond donors (Lipinski definition) is 0. The van der Waals surface area contributed by atoms with Gasteiger partial charge in [-0.2, -0.15) is 0 Å². The molecule has 2 unspecified atom stereocenters. The van der Waals surface area contributed by atoms with Gasteiger partial charge in [-0.3, -0.25) is 0 Å². The lowest BCUT2D eigenvalue weighted by atomic mass is 10.0. The largest absolute Gasteiger partial charge is 0.493 e. The van der Waals surface area contributed by atoms with Crippen molar-refractivity contribution in [3.05, 3.63) is 58.1 Å². The Bertz CT molecular complexity index is 645. The van der Waals surface area contributed by atoms with Crippen LogP contribution in [0.5, 0.6) is 11.5 Å². The molecule has 2 atom stereocenters. The van der Waals surface area contributed by atoms with E-state index in [-0.39, 0.29) is 12.4 Å². The summed E-state index contributed by atoms with van der Waals surface area (Å²) in [4.78, 5) is 0. The average molecular weight is 395 g/mol. The molecule has 0 bridgehead atoms. The molecule has 0 saturated heterocycles. The highest BCUT2D eigenvalue weighted by atomic mass is 79.9. The topological polar surface area (TPSA) is 36.9 Å². The third-order valence-corrected chi connectivity index (χ3v) is 4.30. The molecule has 130 valence electrons. The fourth-order valence-corrected chi connectivity index (χ4v) is 3.03. The molecule has 24 heavy (non-hydrogen) atoms. The van der Waals surface area contributed by atoms with Crippen molar-refractivity contribution in [3.63, 3.8) is 0 Å². The second-order valence-electron chi connectivity index (χ2n) is 5.18. The fourth-order valence-electron chi connectivity index (χ4n) is 2.50. The van der Waals surface area contributed by atoms with Gasteiger partial charge in [0.15, 0.2) is 17.8 Å². The summed E-state index contributed by atoms with van der Waals surface area (Å²) in [5, 5.41) is 0. The van der Waals surface area contributed by atoms with Crippen LogP contribution in [0, 0.1) is 0 Å². The molecule has 0 radical (unpaired) electrons. The molecule has 0 heterocycles. The number of methoxy groups -OCH3 is 2. The third-order valence-electron chi connectivity index (χ3n) is 3.62. The van der Waals surface area contributed by atoms with E-state index in [1.54, 1.807) is 14.2 Å². The standard InChI is InChI=1S/C19H23BrO4/c1-5-23-13(2)24-19(14-9-7-6-8-10-14)15-11-17(21-3)18(22-4)12-16(15)20/h6-13,19H,5H2,1-4H3. The van der Waals surface area contributed by atoms with E-state index in [1.165, 1.54) is 0 Å². The molecule has 2 aromatic carbocycles. The lowest BCUT2D eigenvalue weighted by molar-refractivity contribution is -0.149. The second kappa shape index (κ2) is 9.06. The van der Waals surface area contributed by atoms with E-state index >= 15 is 0 Å². The highest BCUT2D eigenvalue weighted by molar-refractivity contribution is 9.10. The molecule has 0 aromatic heterocycles. The van der Waals surface area contributed by atoms with Gasteiger partial charge in [-0.05, 0) is 31.5 Å². The Morgan fingerprint density at radius 1 is 1.00 bits per heavy atom. The lowest BCUT2D eigenvalue weighted by Gasteiger charge is -2.25. The summed E-state index contributed by atoms with van der Waals surface area (Å²) < 4.78 is 23.4. The summed E-state index contributed by atoms with van der Waals surface area (Å²) in [7, 11) is 3.24. The molecular formula is C19H23BrO4. The van der Waals surface area contributed by atoms with E-state index in [4.69, 9.17) is 18.9 Å². The van der Waals surface area contributed by atoms with Crippen LogP contribution in [0.15, 0.2) is 46.9 Å². The predicted molar refractivity (Wildman–Crippen MR) is 97.7 cm³/mol. The van der Waals surface area contributed by atoms with Crippen LogP contribution < -0.4 is 9.47 Å². The van der Waals surface area contributed by atoms with Gasteiger partial charge >= 0.3 is 0 Å². The summed E-state index contributed by atoms with van der Waals surface area (Å²) in [5.41, 5.74) is 1.99. The third kappa shape index (κ3) is 4.50. The number of hydrogen-bond acceptors (Lipinski definition) is 4. The zero-order valence-corrected chi connectivity index (χ0v) is 16.0. The zero-order chi connectivity index (χ0) is 17.5. The van der Waals surface area contributed by atoms with E-state index in [2.05, 4.69) is 15.9 Å². The van der Waals surface area contributed by atoms with Gasteiger partial charge < -0.3 is 18.9 Å². The number of ether oxygens (including phenoxy) is 4. The molecule has 0 amide bonds. The Labute approximate surface area is 151 Å². The van der Waals surface area contributed by atoms with Crippen molar-refractivity contribution in [3.8, 4) is 11.5 Å². The summed E-state index contributed by atoms with van der Waals surface area (Å²) in [5.74, 6) is 1.32. The van der Waals surface area contributed by atoms with Crippen molar-refractivity contribution in [2.75, 3.05) is 20.8 Å². The maximum absolute atomic E-state index is 6.17. The first-order chi connectivity index (χ1) is 11.6. The van der Waals surface area contributed by atoms with Gasteiger partial charge in [-0.25, -0.2) is 0 Å². The van der Waals surface area contributed by atoms with Gasteiger partial charge in [0.25, 0.3) is 0 Å². The van der Waals surface area contributed by atoms with Crippen molar-refractivity contribution >= 4 is 15.9 Å². The molecule has 2 aromatic rings. The van der Waals surface area contributed by atoms with E-state index in [9.17, 15) is 0 Å². The normalized spacial score (nSPS) is 13.4. The summed E-state index contributed by atoms with van der Waals surface area (Å²) in [6, 6.07) is 13.9. The van der Waals surface area contributed by atoms with Crippen molar-refractivity contribution in [2.24, 2.45) is 0 Å². The number of rotatable bonds is 8. The van der Waals surface area contributed by atoms with Gasteiger partial charge in [-0.15, -0.1) is 0 Å². The molecule has 0 saturated carbocycles. The molecule has 0 spiro atoms. The van der Waals surface area contributed by atoms with Crippen molar-refractivity contribution in [1.29, 1.82) is 0 Å². The molecule has 0 fully saturated rings. The molecule has 0 N–H and O–H groups in total. The predicted octanol–water partition coefficient (Wildman–Crippen LogP) is 4.95. The molecule has 4 nitrogen and oxygen atoms in total. The first-order valence-corrected chi connectivity index (χ1v) is 8.63. The lowest BCUT2D eigenvalue weighted by Crippen LogP contribution is -2.18. The average Bonchev–Trinajstić information content (AvgIpc) is 2.60. The SMILES string of the molecule is CCOC(C)OC(c1ccccc1)c1cc(OC)c(OC)cc1Br. The van der Waals surface area contributed by atoms with Crippen LogP contribution in [0.25, 0.3) is 0 Å². The molecule has 0 aliphatic carbocycles. The Kier molecular flexibility index (Phi) is 7.09. The minimum absolute atomic E-state index is 0.290. The van der Waals surface area contributed by atoms with E-state index in [0.717, 1.165) is 15.6 Å². The summed E-state index contributed by atoms with van der Waals surface area (Å²) in [6.07, 6.45) is -0.623. The Balaban J connectivity index is 2.47. The number of halogens is 1. The monoisotopic (exact) mass is 394 g/mol. The number of benzene rings is 2. The Morgan fingerprint density at radius 3 is 2.21 bits per heavy atom. The van der Waals surface area contributed by atoms with Crippen LogP contribution in [-0.4, -0.2) is 27.1 Å². The Hall–Kier alpha value is -1.56. The summed E-state index contributed by atoms with van der Waals surface area (Å²) >= 11 is 3.62. The minimum Gasteiger partial charge on any atom is -0.493 e. The van der Waals surface area contributed by atoms with Gasteiger partial charge in [-0.1, -0.05) is 46.3 Å². The first-order valence-electron chi connectivity index (χ1n) is 7.84. The molecule has 0 aliphatic rings.